The van der Waals surface area contributed by atoms with Gasteiger partial charge in [-0.05, 0) is 31.4 Å². The fourth-order valence-electron chi connectivity index (χ4n) is 3.66. The number of rotatable bonds is 4. The minimum absolute atomic E-state index is 0.190. The predicted octanol–water partition coefficient (Wildman–Crippen LogP) is 2.52. The molecular weight excluding hydrogens is 328 g/mol. The number of carbonyl (C=O) groups excluding carboxylic acids is 3. The van der Waals surface area contributed by atoms with Gasteiger partial charge in [0.05, 0.1) is 11.8 Å². The lowest BCUT2D eigenvalue weighted by Crippen LogP contribution is -2.48. The van der Waals surface area contributed by atoms with Gasteiger partial charge in [0, 0.05) is 11.6 Å². The molecule has 1 aliphatic carbocycles. The van der Waals surface area contributed by atoms with Crippen LogP contribution in [0.5, 0.6) is 0 Å². The maximum atomic E-state index is 12.5. The molecule has 1 N–H and O–H groups in total. The average Bonchev–Trinajstić information content (AvgIpc) is 2.85. The first-order chi connectivity index (χ1) is 11.5. The first-order valence-corrected chi connectivity index (χ1v) is 8.76. The van der Waals surface area contributed by atoms with Crippen molar-refractivity contribution in [1.82, 2.24) is 10.2 Å². The molecule has 3 rings (SSSR count). The third-order valence-electron chi connectivity index (χ3n) is 5.05. The summed E-state index contributed by atoms with van der Waals surface area (Å²) in [6.07, 6.45) is 3.45. The number of fused-ring (bicyclic) bond motifs is 1. The molecule has 2 fully saturated rings. The van der Waals surface area contributed by atoms with Gasteiger partial charge in [-0.2, -0.15) is 0 Å². The number of nitrogens with one attached hydrogen (secondary N) is 1. The Morgan fingerprint density at radius 1 is 1.21 bits per heavy atom. The Morgan fingerprint density at radius 2 is 1.79 bits per heavy atom. The lowest BCUT2D eigenvalue weighted by Gasteiger charge is -2.22. The molecular formula is C18H21ClN2O3. The fourth-order valence-corrected chi connectivity index (χ4v) is 3.86. The highest BCUT2D eigenvalue weighted by molar-refractivity contribution is 6.31. The van der Waals surface area contributed by atoms with Crippen molar-refractivity contribution in [1.29, 1.82) is 0 Å². The van der Waals surface area contributed by atoms with Crippen LogP contribution in [-0.2, 0) is 20.9 Å². The first-order valence-electron chi connectivity index (χ1n) is 8.38. The highest BCUT2D eigenvalue weighted by atomic mass is 35.5. The van der Waals surface area contributed by atoms with Crippen molar-refractivity contribution in [3.05, 3.63) is 34.9 Å². The van der Waals surface area contributed by atoms with E-state index in [0.717, 1.165) is 31.2 Å². The smallest absolute Gasteiger partial charge is 0.243 e. The summed E-state index contributed by atoms with van der Waals surface area (Å²) in [5.74, 6) is -1.18. The topological polar surface area (TPSA) is 66.5 Å². The van der Waals surface area contributed by atoms with Crippen LogP contribution in [-0.4, -0.2) is 28.7 Å². The number of imide groups is 1. The van der Waals surface area contributed by atoms with Crippen LogP contribution in [0.2, 0.25) is 5.02 Å². The number of nitrogens with zero attached hydrogens (tertiary/aromatic N) is 1. The molecule has 3 atom stereocenters. The van der Waals surface area contributed by atoms with Gasteiger partial charge < -0.3 is 5.32 Å². The summed E-state index contributed by atoms with van der Waals surface area (Å²) >= 11 is 6.07. The molecule has 24 heavy (non-hydrogen) atoms. The second kappa shape index (κ2) is 6.93. The molecule has 1 saturated heterocycles. The molecule has 0 aromatic heterocycles. The van der Waals surface area contributed by atoms with Crippen molar-refractivity contribution in [2.24, 2.45) is 11.8 Å². The third-order valence-corrected chi connectivity index (χ3v) is 5.42. The maximum Gasteiger partial charge on any atom is 0.243 e. The van der Waals surface area contributed by atoms with Crippen molar-refractivity contribution in [3.63, 3.8) is 0 Å². The molecule has 0 radical (unpaired) electrons. The second-order valence-electron chi connectivity index (χ2n) is 6.53. The molecule has 5 nitrogen and oxygen atoms in total. The molecule has 1 heterocycles. The van der Waals surface area contributed by atoms with E-state index in [1.54, 1.807) is 13.0 Å². The van der Waals surface area contributed by atoms with Crippen LogP contribution in [0.4, 0.5) is 0 Å². The quantitative estimate of drug-likeness (QED) is 0.850. The van der Waals surface area contributed by atoms with Crippen molar-refractivity contribution < 1.29 is 14.4 Å². The number of halogens is 1. The molecule has 3 amide bonds. The summed E-state index contributed by atoms with van der Waals surface area (Å²) in [6, 6.07) is 6.45. The summed E-state index contributed by atoms with van der Waals surface area (Å²) in [5, 5.41) is 3.34. The van der Waals surface area contributed by atoms with Gasteiger partial charge in [0.15, 0.2) is 0 Å². The molecule has 0 bridgehead atoms. The second-order valence-corrected chi connectivity index (χ2v) is 6.94. The highest BCUT2D eigenvalue weighted by Gasteiger charge is 2.50. The van der Waals surface area contributed by atoms with E-state index in [-0.39, 0.29) is 36.1 Å². The van der Waals surface area contributed by atoms with Crippen LogP contribution in [0.15, 0.2) is 24.3 Å². The van der Waals surface area contributed by atoms with Gasteiger partial charge in [-0.3, -0.25) is 19.3 Å². The largest absolute Gasteiger partial charge is 0.350 e. The number of carbonyl (C=O) groups is 3. The van der Waals surface area contributed by atoms with Crippen LogP contribution in [0, 0.1) is 11.8 Å². The lowest BCUT2D eigenvalue weighted by atomic mass is 9.81. The molecule has 1 aromatic carbocycles. The molecule has 128 valence electrons. The number of hydrogen-bond donors (Lipinski definition) is 1. The van der Waals surface area contributed by atoms with Gasteiger partial charge in [-0.25, -0.2) is 0 Å². The van der Waals surface area contributed by atoms with Crippen molar-refractivity contribution in [2.45, 2.75) is 45.2 Å². The van der Waals surface area contributed by atoms with E-state index in [4.69, 9.17) is 11.6 Å². The molecule has 0 spiro atoms. The van der Waals surface area contributed by atoms with E-state index in [1.807, 2.05) is 18.2 Å². The summed E-state index contributed by atoms with van der Waals surface area (Å²) in [7, 11) is 0. The fraction of sp³-hybridized carbons (Fsp3) is 0.500. The maximum absolute atomic E-state index is 12.5. The van der Waals surface area contributed by atoms with Crippen molar-refractivity contribution in [2.75, 3.05) is 0 Å². The SMILES string of the molecule is C[C@@H](C(=O)NCc1ccccc1Cl)N1C(=O)C2CCCCC2C1=O. The highest BCUT2D eigenvalue weighted by Crippen LogP contribution is 2.38. The van der Waals surface area contributed by atoms with Crippen molar-refractivity contribution >= 4 is 29.3 Å². The zero-order chi connectivity index (χ0) is 17.3. The van der Waals surface area contributed by atoms with Crippen LogP contribution in [0.3, 0.4) is 0 Å². The number of amides is 3. The Kier molecular flexibility index (Phi) is 4.90. The average molecular weight is 349 g/mol. The normalized spacial score (nSPS) is 24.7. The van der Waals surface area contributed by atoms with Gasteiger partial charge in [0.2, 0.25) is 17.7 Å². The predicted molar refractivity (Wildman–Crippen MR) is 90.1 cm³/mol. The summed E-state index contributed by atoms with van der Waals surface area (Å²) < 4.78 is 0. The van der Waals surface area contributed by atoms with Crippen molar-refractivity contribution in [3.8, 4) is 0 Å². The van der Waals surface area contributed by atoms with E-state index in [2.05, 4.69) is 5.32 Å². The van der Waals surface area contributed by atoms with Gasteiger partial charge in [-0.1, -0.05) is 42.6 Å². The molecule has 2 unspecified atom stereocenters. The Bertz CT molecular complexity index is 652. The molecule has 1 aromatic rings. The lowest BCUT2D eigenvalue weighted by molar-refractivity contribution is -0.147. The van der Waals surface area contributed by atoms with Gasteiger partial charge in [0.1, 0.15) is 6.04 Å². The van der Waals surface area contributed by atoms with E-state index in [0.29, 0.717) is 5.02 Å². The van der Waals surface area contributed by atoms with Crippen LogP contribution >= 0.6 is 11.6 Å². The third kappa shape index (κ3) is 3.05. The van der Waals surface area contributed by atoms with Crippen LogP contribution in [0.1, 0.15) is 38.2 Å². The Labute approximate surface area is 146 Å². The Balaban J connectivity index is 1.66. The number of likely N-dealkylation sites (tertiary alicyclic amines) is 1. The molecule has 1 aliphatic heterocycles. The summed E-state index contributed by atoms with van der Waals surface area (Å²) in [4.78, 5) is 38.6. The molecule has 2 aliphatic rings. The molecule has 1 saturated carbocycles. The van der Waals surface area contributed by atoms with Gasteiger partial charge in [-0.15, -0.1) is 0 Å². The van der Waals surface area contributed by atoms with Gasteiger partial charge >= 0.3 is 0 Å². The van der Waals surface area contributed by atoms with Crippen LogP contribution < -0.4 is 5.32 Å². The number of hydrogen-bond acceptors (Lipinski definition) is 3. The minimum atomic E-state index is -0.793. The summed E-state index contributed by atoms with van der Waals surface area (Å²) in [5.41, 5.74) is 0.799. The number of benzene rings is 1. The van der Waals surface area contributed by atoms with E-state index in [1.165, 1.54) is 4.90 Å². The zero-order valence-electron chi connectivity index (χ0n) is 13.6. The molecule has 6 heteroatoms. The Morgan fingerprint density at radius 3 is 2.38 bits per heavy atom. The van der Waals surface area contributed by atoms with E-state index in [9.17, 15) is 14.4 Å². The van der Waals surface area contributed by atoms with Gasteiger partial charge in [0.25, 0.3) is 0 Å². The van der Waals surface area contributed by atoms with E-state index >= 15 is 0 Å². The summed E-state index contributed by atoms with van der Waals surface area (Å²) in [6.45, 7) is 1.88. The monoisotopic (exact) mass is 348 g/mol. The standard InChI is InChI=1S/C18H21ClN2O3/c1-11(16(22)20-10-12-6-2-5-9-15(12)19)21-17(23)13-7-3-4-8-14(13)18(21)24/h2,5-6,9,11,13-14H,3-4,7-8,10H2,1H3,(H,20,22)/t11-,13?,14?/m0/s1. The first kappa shape index (κ1) is 17.0. The Hall–Kier alpha value is -1.88. The van der Waals surface area contributed by atoms with E-state index < -0.39 is 6.04 Å². The minimum Gasteiger partial charge on any atom is -0.350 e. The van der Waals surface area contributed by atoms with Crippen LogP contribution in [0.25, 0.3) is 0 Å². The zero-order valence-corrected chi connectivity index (χ0v) is 14.4.